The highest BCUT2D eigenvalue weighted by molar-refractivity contribution is 8.15. The smallest absolute Gasteiger partial charge is 0.349 e. The van der Waals surface area contributed by atoms with Gasteiger partial charge in [-0.05, 0) is 26.0 Å². The molecule has 0 aliphatic heterocycles. The van der Waals surface area contributed by atoms with Gasteiger partial charge in [-0.25, -0.2) is 8.42 Å². The van der Waals surface area contributed by atoms with Crippen molar-refractivity contribution in [2.45, 2.75) is 24.1 Å². The second-order valence-electron chi connectivity index (χ2n) is 3.60. The van der Waals surface area contributed by atoms with E-state index in [9.17, 15) is 13.2 Å². The zero-order chi connectivity index (χ0) is 16.1. The monoisotopic (exact) mass is 383 g/mol. The first-order valence-electron chi connectivity index (χ1n) is 4.83. The Kier molecular flexibility index (Phi) is 7.42. The average Bonchev–Trinajstić information content (AvgIpc) is 2.60. The van der Waals surface area contributed by atoms with Crippen molar-refractivity contribution in [3.63, 3.8) is 0 Å². The molecule has 116 valence electrons. The van der Waals surface area contributed by atoms with Crippen molar-refractivity contribution >= 4 is 57.0 Å². The topological polar surface area (TPSA) is 118 Å². The lowest BCUT2D eigenvalue weighted by atomic mass is 10.3. The Morgan fingerprint density at radius 2 is 1.70 bits per heavy atom. The van der Waals surface area contributed by atoms with E-state index in [1.165, 1.54) is 12.1 Å². The van der Waals surface area contributed by atoms with Crippen LogP contribution in [0.1, 0.15) is 23.5 Å². The van der Waals surface area contributed by atoms with Crippen LogP contribution in [0.15, 0.2) is 16.3 Å². The zero-order valence-corrected chi connectivity index (χ0v) is 14.2. The van der Waals surface area contributed by atoms with Crippen LogP contribution >= 0.6 is 32.7 Å². The zero-order valence-electron chi connectivity index (χ0n) is 10.2. The summed E-state index contributed by atoms with van der Waals surface area (Å²) < 4.78 is 47.0. The highest BCUT2D eigenvalue weighted by Crippen LogP contribution is 2.24. The fraction of sp³-hybridized carbons (Fsp3) is 0.375. The molecule has 0 saturated carbocycles. The molecule has 0 aliphatic rings. The van der Waals surface area contributed by atoms with Gasteiger partial charge >= 0.3 is 9.33 Å². The predicted molar refractivity (Wildman–Crippen MR) is 77.4 cm³/mol. The van der Waals surface area contributed by atoms with Crippen molar-refractivity contribution in [2.24, 2.45) is 0 Å². The summed E-state index contributed by atoms with van der Waals surface area (Å²) in [6, 6.07) is 2.77. The molecule has 0 aromatic carbocycles. The van der Waals surface area contributed by atoms with E-state index in [4.69, 9.17) is 23.7 Å². The van der Waals surface area contributed by atoms with Crippen LogP contribution < -0.4 is 5.32 Å². The number of hydrogen-bond donors (Lipinski definition) is 2. The third-order valence-electron chi connectivity index (χ3n) is 1.47. The van der Waals surface area contributed by atoms with E-state index in [-0.39, 0.29) is 16.2 Å². The Labute approximate surface area is 129 Å². The summed E-state index contributed by atoms with van der Waals surface area (Å²) in [6.07, 6.45) is 0. The molecule has 12 heteroatoms. The van der Waals surface area contributed by atoms with Crippen LogP contribution in [0.5, 0.6) is 0 Å². The van der Waals surface area contributed by atoms with Gasteiger partial charge in [0.05, 0.1) is 4.88 Å². The summed E-state index contributed by atoms with van der Waals surface area (Å²) in [6.45, 7) is 3.65. The fourth-order valence-electron chi connectivity index (χ4n) is 0.907. The van der Waals surface area contributed by atoms with E-state index < -0.39 is 18.4 Å². The summed E-state index contributed by atoms with van der Waals surface area (Å²) in [5.41, 5.74) is 0. The van der Waals surface area contributed by atoms with Crippen LogP contribution in [0, 0.1) is 0 Å². The maximum atomic E-state index is 11.5. The number of carbonyl (C=O) groups is 1. The van der Waals surface area contributed by atoms with Crippen molar-refractivity contribution in [1.82, 2.24) is 5.32 Å². The van der Waals surface area contributed by atoms with Gasteiger partial charge in [0.2, 0.25) is 0 Å². The highest BCUT2D eigenvalue weighted by Gasteiger charge is 2.16. The van der Waals surface area contributed by atoms with Gasteiger partial charge in [0, 0.05) is 27.4 Å². The molecule has 0 aliphatic carbocycles. The minimum atomic E-state index is -4.19. The van der Waals surface area contributed by atoms with Crippen molar-refractivity contribution in [1.29, 1.82) is 0 Å². The highest BCUT2D eigenvalue weighted by atomic mass is 35.7. The minimum Gasteiger partial charge on any atom is -0.349 e. The molecule has 1 aromatic heterocycles. The molecule has 0 fully saturated rings. The van der Waals surface area contributed by atoms with Crippen LogP contribution in [-0.4, -0.2) is 33.3 Å². The van der Waals surface area contributed by atoms with Crippen LogP contribution in [0.4, 0.5) is 0 Å². The van der Waals surface area contributed by atoms with Gasteiger partial charge in [-0.15, -0.1) is 11.3 Å². The van der Waals surface area contributed by atoms with Crippen molar-refractivity contribution in [3.8, 4) is 0 Å². The van der Waals surface area contributed by atoms with Crippen molar-refractivity contribution in [3.05, 3.63) is 17.0 Å². The summed E-state index contributed by atoms with van der Waals surface area (Å²) >= 11 is 0.858. The standard InChI is InChI=1S/C8H10ClNO3S2.ClHO3S/c1-5(2)10-8(11)6-3-4-7(14-6)15(9,12)13;1-5(2,3)4/h3-5H,1-2H3,(H,10,11);(H,2,3,4). The third kappa shape index (κ3) is 9.50. The number of thiophene rings is 1. The Morgan fingerprint density at radius 3 is 2.00 bits per heavy atom. The van der Waals surface area contributed by atoms with E-state index in [2.05, 4.69) is 16.0 Å². The minimum absolute atomic E-state index is 0.00987. The summed E-state index contributed by atoms with van der Waals surface area (Å²) in [7, 11) is 1.26. The van der Waals surface area contributed by atoms with E-state index in [1.807, 2.05) is 13.8 Å². The molecule has 20 heavy (non-hydrogen) atoms. The molecule has 0 saturated heterocycles. The van der Waals surface area contributed by atoms with Crippen molar-refractivity contribution < 1.29 is 26.2 Å². The van der Waals surface area contributed by atoms with E-state index in [0.29, 0.717) is 4.88 Å². The van der Waals surface area contributed by atoms with Crippen LogP contribution in [0.3, 0.4) is 0 Å². The molecule has 1 aromatic rings. The molecular weight excluding hydrogens is 373 g/mol. The van der Waals surface area contributed by atoms with E-state index in [0.717, 1.165) is 11.3 Å². The molecule has 0 atom stereocenters. The summed E-state index contributed by atoms with van der Waals surface area (Å²) in [5.74, 6) is -0.290. The molecule has 1 heterocycles. The number of amides is 1. The number of rotatable bonds is 3. The molecule has 0 spiro atoms. The first-order chi connectivity index (χ1) is 8.80. The van der Waals surface area contributed by atoms with E-state index in [1.54, 1.807) is 0 Å². The predicted octanol–water partition coefficient (Wildman–Crippen LogP) is 1.84. The lowest BCUT2D eigenvalue weighted by Gasteiger charge is -2.05. The Morgan fingerprint density at radius 1 is 1.25 bits per heavy atom. The molecule has 7 nitrogen and oxygen atoms in total. The molecule has 0 unspecified atom stereocenters. The average molecular weight is 384 g/mol. The lowest BCUT2D eigenvalue weighted by molar-refractivity contribution is 0.0947. The van der Waals surface area contributed by atoms with Gasteiger partial charge in [0.25, 0.3) is 15.0 Å². The van der Waals surface area contributed by atoms with Gasteiger partial charge in [-0.3, -0.25) is 9.35 Å². The largest absolute Gasteiger partial charge is 0.353 e. The number of halogens is 2. The Hall–Kier alpha value is -0.390. The SMILES string of the molecule is CC(C)NC(=O)c1ccc(S(=O)(=O)Cl)s1.O=S(=O)(O)Cl. The first kappa shape index (κ1) is 19.6. The number of hydrogen-bond acceptors (Lipinski definition) is 6. The Bertz CT molecular complexity index is 656. The van der Waals surface area contributed by atoms with Crippen molar-refractivity contribution in [2.75, 3.05) is 0 Å². The quantitative estimate of drug-likeness (QED) is 0.607. The van der Waals surface area contributed by atoms with Gasteiger partial charge in [0.1, 0.15) is 4.21 Å². The Balaban J connectivity index is 0.000000621. The molecule has 0 bridgehead atoms. The third-order valence-corrected chi connectivity index (χ3v) is 4.64. The number of nitrogens with one attached hydrogen (secondary N) is 1. The van der Waals surface area contributed by atoms with Gasteiger partial charge < -0.3 is 5.32 Å². The van der Waals surface area contributed by atoms with Gasteiger partial charge in [-0.1, -0.05) is 0 Å². The second kappa shape index (κ2) is 7.57. The number of carbonyl (C=O) groups excluding carboxylic acids is 1. The van der Waals surface area contributed by atoms with Gasteiger partial charge in [0.15, 0.2) is 0 Å². The summed E-state index contributed by atoms with van der Waals surface area (Å²) in [4.78, 5) is 11.8. The molecule has 2 N–H and O–H groups in total. The van der Waals surface area contributed by atoms with Gasteiger partial charge in [-0.2, -0.15) is 8.42 Å². The molecular formula is C8H11Cl2NO6S3. The molecule has 1 amide bonds. The maximum absolute atomic E-state index is 11.5. The maximum Gasteiger partial charge on any atom is 0.353 e. The van der Waals surface area contributed by atoms with Crippen LogP contribution in [0.25, 0.3) is 0 Å². The first-order valence-corrected chi connectivity index (χ1v) is 10.2. The lowest BCUT2D eigenvalue weighted by Crippen LogP contribution is -2.29. The van der Waals surface area contributed by atoms with Crippen LogP contribution in [-0.2, 0) is 18.4 Å². The fourth-order valence-corrected chi connectivity index (χ4v) is 2.88. The normalized spacial score (nSPS) is 11.7. The van der Waals surface area contributed by atoms with E-state index >= 15 is 0 Å². The van der Waals surface area contributed by atoms with Crippen LogP contribution in [0.2, 0.25) is 0 Å². The molecule has 0 radical (unpaired) electrons. The molecule has 1 rings (SSSR count). The summed E-state index contributed by atoms with van der Waals surface area (Å²) in [5, 5.41) is 2.66. The second-order valence-corrected chi connectivity index (χ2v) is 9.47.